The van der Waals surface area contributed by atoms with Crippen molar-refractivity contribution >= 4 is 29.3 Å². The number of amides is 2. The highest BCUT2D eigenvalue weighted by Crippen LogP contribution is 2.19. The molecule has 3 rings (SSSR count). The normalized spacial score (nSPS) is 10.3. The van der Waals surface area contributed by atoms with Gasteiger partial charge in [-0.05, 0) is 23.8 Å². The molecule has 144 valence electrons. The third-order valence-electron chi connectivity index (χ3n) is 3.64. The molecule has 0 aliphatic carbocycles. The van der Waals surface area contributed by atoms with Crippen molar-refractivity contribution in [3.05, 3.63) is 70.5 Å². The van der Waals surface area contributed by atoms with Crippen LogP contribution in [0.25, 0.3) is 0 Å². The van der Waals surface area contributed by atoms with E-state index in [1.807, 2.05) is 30.3 Å². The van der Waals surface area contributed by atoms with Crippen molar-refractivity contribution < 1.29 is 14.3 Å². The van der Waals surface area contributed by atoms with Crippen molar-refractivity contribution in [1.82, 2.24) is 25.9 Å². The van der Waals surface area contributed by atoms with E-state index in [0.29, 0.717) is 35.1 Å². The molecule has 0 saturated heterocycles. The molecule has 0 atom stereocenters. The minimum atomic E-state index is -0.644. The standard InChI is InChI=1S/C18H17ClN6O3/c19-14-8-13(17(26)20-7-6-16-22-24-25-23-16)9-15(10-14)21-18(27)28-11-12-4-2-1-3-5-12/h1-5,8-10H,6-7,11H2,(H,20,26)(H,21,27)(H,22,23,24,25). The lowest BCUT2D eigenvalue weighted by molar-refractivity contribution is 0.0954. The molecule has 9 nitrogen and oxygen atoms in total. The Labute approximate surface area is 165 Å². The Morgan fingerprint density at radius 1 is 1.14 bits per heavy atom. The first-order valence-corrected chi connectivity index (χ1v) is 8.77. The number of nitrogens with one attached hydrogen (secondary N) is 3. The maximum absolute atomic E-state index is 12.3. The van der Waals surface area contributed by atoms with Crippen molar-refractivity contribution in [3.8, 4) is 0 Å². The van der Waals surface area contributed by atoms with Crippen molar-refractivity contribution in [2.45, 2.75) is 13.0 Å². The largest absolute Gasteiger partial charge is 0.444 e. The van der Waals surface area contributed by atoms with Gasteiger partial charge in [-0.1, -0.05) is 47.1 Å². The van der Waals surface area contributed by atoms with Gasteiger partial charge in [0.25, 0.3) is 5.91 Å². The number of tetrazole rings is 1. The van der Waals surface area contributed by atoms with Gasteiger partial charge in [0.15, 0.2) is 5.82 Å². The summed E-state index contributed by atoms with van der Waals surface area (Å²) in [5.74, 6) is 0.154. The van der Waals surface area contributed by atoms with Crippen LogP contribution < -0.4 is 10.6 Å². The molecule has 0 saturated carbocycles. The lowest BCUT2D eigenvalue weighted by Gasteiger charge is -2.10. The molecule has 10 heteroatoms. The summed E-state index contributed by atoms with van der Waals surface area (Å²) in [6.07, 6.45) is -0.214. The average molecular weight is 401 g/mol. The molecule has 2 amide bonds. The number of hydrogen-bond acceptors (Lipinski definition) is 6. The van der Waals surface area contributed by atoms with E-state index < -0.39 is 6.09 Å². The molecule has 0 spiro atoms. The van der Waals surface area contributed by atoms with Gasteiger partial charge in [-0.3, -0.25) is 10.1 Å². The number of carbonyl (C=O) groups is 2. The van der Waals surface area contributed by atoms with Crippen molar-refractivity contribution in [2.75, 3.05) is 11.9 Å². The van der Waals surface area contributed by atoms with Gasteiger partial charge < -0.3 is 10.1 Å². The van der Waals surface area contributed by atoms with E-state index in [2.05, 4.69) is 31.3 Å². The summed E-state index contributed by atoms with van der Waals surface area (Å²) in [5, 5.41) is 19.0. The number of aromatic nitrogens is 4. The first kappa shape index (κ1) is 19.3. The quantitative estimate of drug-likeness (QED) is 0.560. The van der Waals surface area contributed by atoms with Crippen LogP contribution in [-0.4, -0.2) is 39.2 Å². The Morgan fingerprint density at radius 3 is 2.71 bits per heavy atom. The minimum absolute atomic E-state index is 0.136. The fourth-order valence-electron chi connectivity index (χ4n) is 2.35. The van der Waals surface area contributed by atoms with Crippen LogP contribution in [0.5, 0.6) is 0 Å². The molecular weight excluding hydrogens is 384 g/mol. The number of nitrogens with zero attached hydrogens (tertiary/aromatic N) is 3. The molecule has 28 heavy (non-hydrogen) atoms. The predicted molar refractivity (Wildman–Crippen MR) is 102 cm³/mol. The lowest BCUT2D eigenvalue weighted by Crippen LogP contribution is -2.26. The van der Waals surface area contributed by atoms with Crippen LogP contribution in [0.15, 0.2) is 48.5 Å². The van der Waals surface area contributed by atoms with Gasteiger partial charge in [0.2, 0.25) is 0 Å². The topological polar surface area (TPSA) is 122 Å². The van der Waals surface area contributed by atoms with Crippen molar-refractivity contribution in [3.63, 3.8) is 0 Å². The SMILES string of the molecule is O=C(Nc1cc(Cl)cc(C(=O)NCCc2nn[nH]n2)c1)OCc1ccccc1. The highest BCUT2D eigenvalue weighted by atomic mass is 35.5. The van der Waals surface area contributed by atoms with Gasteiger partial charge >= 0.3 is 6.09 Å². The monoisotopic (exact) mass is 400 g/mol. The van der Waals surface area contributed by atoms with E-state index in [1.165, 1.54) is 18.2 Å². The molecule has 0 aliphatic rings. The Balaban J connectivity index is 1.54. The molecule has 0 radical (unpaired) electrons. The van der Waals surface area contributed by atoms with E-state index in [-0.39, 0.29) is 12.5 Å². The number of ether oxygens (including phenoxy) is 1. The summed E-state index contributed by atoms with van der Waals surface area (Å²) >= 11 is 6.06. The maximum atomic E-state index is 12.3. The van der Waals surface area contributed by atoms with Gasteiger partial charge in [-0.25, -0.2) is 4.79 Å². The Bertz CT molecular complexity index is 934. The van der Waals surface area contributed by atoms with E-state index >= 15 is 0 Å². The van der Waals surface area contributed by atoms with Gasteiger partial charge in [-0.15, -0.1) is 10.2 Å². The Morgan fingerprint density at radius 2 is 1.96 bits per heavy atom. The van der Waals surface area contributed by atoms with Crippen LogP contribution in [0.1, 0.15) is 21.7 Å². The molecule has 0 fully saturated rings. The Kier molecular flexibility index (Phi) is 6.53. The highest BCUT2D eigenvalue weighted by molar-refractivity contribution is 6.31. The van der Waals surface area contributed by atoms with Crippen LogP contribution >= 0.6 is 11.6 Å². The summed E-state index contributed by atoms with van der Waals surface area (Å²) in [7, 11) is 0. The molecule has 0 bridgehead atoms. The van der Waals surface area contributed by atoms with Crippen LogP contribution in [-0.2, 0) is 17.8 Å². The third kappa shape index (κ3) is 5.78. The summed E-state index contributed by atoms with van der Waals surface area (Å²) in [6, 6.07) is 13.8. The third-order valence-corrected chi connectivity index (χ3v) is 3.86. The zero-order valence-electron chi connectivity index (χ0n) is 14.7. The summed E-state index contributed by atoms with van der Waals surface area (Å²) in [5.41, 5.74) is 1.53. The first-order chi connectivity index (χ1) is 13.6. The van der Waals surface area contributed by atoms with Crippen LogP contribution in [0.2, 0.25) is 5.02 Å². The van der Waals surface area contributed by atoms with E-state index in [4.69, 9.17) is 16.3 Å². The van der Waals surface area contributed by atoms with Gasteiger partial charge in [0, 0.05) is 29.2 Å². The van der Waals surface area contributed by atoms with Gasteiger partial charge in [0.05, 0.1) is 0 Å². The van der Waals surface area contributed by atoms with Crippen LogP contribution in [0.4, 0.5) is 10.5 Å². The second-order valence-corrected chi connectivity index (χ2v) is 6.19. The number of carbonyl (C=O) groups excluding carboxylic acids is 2. The van der Waals surface area contributed by atoms with E-state index in [9.17, 15) is 9.59 Å². The number of halogens is 1. The fraction of sp³-hybridized carbons (Fsp3) is 0.167. The number of aromatic amines is 1. The van der Waals surface area contributed by atoms with E-state index in [1.54, 1.807) is 0 Å². The van der Waals surface area contributed by atoms with Gasteiger partial charge in [-0.2, -0.15) is 5.21 Å². The molecule has 2 aromatic carbocycles. The number of benzene rings is 2. The second kappa shape index (κ2) is 9.47. The summed E-state index contributed by atoms with van der Waals surface area (Å²) in [4.78, 5) is 24.3. The molecule has 3 aromatic rings. The smallest absolute Gasteiger partial charge is 0.411 e. The van der Waals surface area contributed by atoms with Crippen molar-refractivity contribution in [2.24, 2.45) is 0 Å². The molecule has 0 aliphatic heterocycles. The maximum Gasteiger partial charge on any atom is 0.411 e. The summed E-state index contributed by atoms with van der Waals surface area (Å²) < 4.78 is 5.16. The molecule has 1 aromatic heterocycles. The predicted octanol–water partition coefficient (Wildman–Crippen LogP) is 2.57. The lowest BCUT2D eigenvalue weighted by atomic mass is 10.2. The van der Waals surface area contributed by atoms with Gasteiger partial charge in [0.1, 0.15) is 6.61 Å². The molecule has 1 heterocycles. The molecule has 0 unspecified atom stereocenters. The number of rotatable bonds is 7. The minimum Gasteiger partial charge on any atom is -0.444 e. The number of anilines is 1. The summed E-state index contributed by atoms with van der Waals surface area (Å²) in [6.45, 7) is 0.462. The molecular formula is C18H17ClN6O3. The first-order valence-electron chi connectivity index (χ1n) is 8.39. The number of H-pyrrole nitrogens is 1. The highest BCUT2D eigenvalue weighted by Gasteiger charge is 2.11. The van der Waals surface area contributed by atoms with Crippen molar-refractivity contribution in [1.29, 1.82) is 0 Å². The molecule has 3 N–H and O–H groups in total. The van der Waals surface area contributed by atoms with Crippen LogP contribution in [0, 0.1) is 0 Å². The fourth-order valence-corrected chi connectivity index (χ4v) is 2.58. The van der Waals surface area contributed by atoms with Crippen LogP contribution in [0.3, 0.4) is 0 Å². The zero-order valence-corrected chi connectivity index (χ0v) is 15.4. The average Bonchev–Trinajstić information content (AvgIpc) is 3.20. The van der Waals surface area contributed by atoms with E-state index in [0.717, 1.165) is 5.56 Å². The zero-order chi connectivity index (χ0) is 19.8. The number of hydrogen-bond donors (Lipinski definition) is 3. The second-order valence-electron chi connectivity index (χ2n) is 5.75. The Hall–Kier alpha value is -3.46.